The van der Waals surface area contributed by atoms with Gasteiger partial charge in [0, 0.05) is 49.5 Å². The molecule has 0 saturated carbocycles. The summed E-state index contributed by atoms with van der Waals surface area (Å²) in [6.07, 6.45) is 6.21. The van der Waals surface area contributed by atoms with E-state index in [4.69, 9.17) is 9.47 Å². The van der Waals surface area contributed by atoms with Crippen LogP contribution in [0, 0.1) is 0 Å². The molecule has 5 rings (SSSR count). The van der Waals surface area contributed by atoms with E-state index in [-0.39, 0.29) is 17.3 Å². The van der Waals surface area contributed by atoms with Crippen molar-refractivity contribution in [2.24, 2.45) is 7.05 Å². The topological polar surface area (TPSA) is 71.2 Å². The lowest BCUT2D eigenvalue weighted by Gasteiger charge is -2.24. The van der Waals surface area contributed by atoms with Crippen molar-refractivity contribution in [2.45, 2.75) is 51.7 Å². The van der Waals surface area contributed by atoms with E-state index in [1.807, 2.05) is 36.0 Å². The number of imidazole rings is 1. The average Bonchev–Trinajstić information content (AvgIpc) is 3.10. The molecule has 0 radical (unpaired) electrons. The number of aromatic nitrogens is 4. The molecular formula is C26H30N4O3. The molecule has 1 aliphatic rings. The smallest absolute Gasteiger partial charge is 0.329 e. The van der Waals surface area contributed by atoms with Crippen LogP contribution in [0.2, 0.25) is 0 Å². The van der Waals surface area contributed by atoms with Gasteiger partial charge in [-0.05, 0) is 56.9 Å². The second kappa shape index (κ2) is 8.30. The second-order valence-electron chi connectivity index (χ2n) is 9.38. The van der Waals surface area contributed by atoms with E-state index in [1.54, 1.807) is 10.8 Å². The second-order valence-corrected chi connectivity index (χ2v) is 9.38. The molecule has 4 aromatic rings. The summed E-state index contributed by atoms with van der Waals surface area (Å²) in [5.74, 6) is 0.617. The predicted molar refractivity (Wildman–Crippen MR) is 130 cm³/mol. The first-order chi connectivity index (χ1) is 15.9. The first-order valence-corrected chi connectivity index (χ1v) is 11.6. The van der Waals surface area contributed by atoms with Gasteiger partial charge in [-0.1, -0.05) is 13.0 Å². The first-order valence-electron chi connectivity index (χ1n) is 11.6. The Bertz CT molecular complexity index is 1360. The summed E-state index contributed by atoms with van der Waals surface area (Å²) in [6, 6.07) is 10.3. The molecule has 172 valence electrons. The molecule has 3 aromatic heterocycles. The van der Waals surface area contributed by atoms with Crippen molar-refractivity contribution < 1.29 is 9.47 Å². The van der Waals surface area contributed by atoms with Gasteiger partial charge in [0.15, 0.2) is 0 Å². The van der Waals surface area contributed by atoms with Gasteiger partial charge in [0.25, 0.3) is 0 Å². The fourth-order valence-electron chi connectivity index (χ4n) is 4.46. The predicted octanol–water partition coefficient (Wildman–Crippen LogP) is 4.87. The number of nitrogens with zero attached hydrogens (tertiary/aromatic N) is 4. The fourth-order valence-corrected chi connectivity index (χ4v) is 4.46. The van der Waals surface area contributed by atoms with Crippen molar-refractivity contribution in [3.63, 3.8) is 0 Å². The Morgan fingerprint density at radius 3 is 2.55 bits per heavy atom. The summed E-state index contributed by atoms with van der Waals surface area (Å²) in [4.78, 5) is 22.4. The maximum atomic E-state index is 13.2. The molecule has 1 saturated heterocycles. The third-order valence-corrected chi connectivity index (χ3v) is 6.77. The number of ether oxygens (including phenoxy) is 2. The molecule has 1 aromatic carbocycles. The van der Waals surface area contributed by atoms with Crippen molar-refractivity contribution in [1.29, 1.82) is 0 Å². The van der Waals surface area contributed by atoms with Crippen molar-refractivity contribution in [1.82, 2.24) is 19.1 Å². The normalized spacial score (nSPS) is 15.4. The van der Waals surface area contributed by atoms with Crippen LogP contribution in [0.15, 0.2) is 47.5 Å². The van der Waals surface area contributed by atoms with Crippen LogP contribution >= 0.6 is 0 Å². The van der Waals surface area contributed by atoms with Crippen LogP contribution in [0.25, 0.3) is 33.1 Å². The number of pyridine rings is 2. The first kappa shape index (κ1) is 21.6. The van der Waals surface area contributed by atoms with E-state index < -0.39 is 0 Å². The van der Waals surface area contributed by atoms with E-state index in [0.717, 1.165) is 52.3 Å². The quantitative estimate of drug-likeness (QED) is 0.437. The zero-order chi connectivity index (χ0) is 23.2. The Kier molecular flexibility index (Phi) is 5.44. The summed E-state index contributed by atoms with van der Waals surface area (Å²) in [6.45, 7) is 7.57. The van der Waals surface area contributed by atoms with Gasteiger partial charge < -0.3 is 9.47 Å². The zero-order valence-electron chi connectivity index (χ0n) is 19.7. The lowest BCUT2D eigenvalue weighted by atomic mass is 10.0. The van der Waals surface area contributed by atoms with Crippen LogP contribution in [0.5, 0.6) is 5.88 Å². The molecule has 0 spiro atoms. The molecule has 0 amide bonds. The average molecular weight is 447 g/mol. The summed E-state index contributed by atoms with van der Waals surface area (Å²) >= 11 is 0. The SMILES string of the molecule is CCC(C)(C)Oc1ccc(-c2ccc3ncc4c(c3c2)n(C2CCOCC2)c(=O)n4C)cn1. The third kappa shape index (κ3) is 3.91. The Morgan fingerprint density at radius 1 is 1.09 bits per heavy atom. The molecule has 0 N–H and O–H groups in total. The third-order valence-electron chi connectivity index (χ3n) is 6.77. The van der Waals surface area contributed by atoms with E-state index in [9.17, 15) is 4.79 Å². The van der Waals surface area contributed by atoms with Crippen LogP contribution in [0.4, 0.5) is 0 Å². The van der Waals surface area contributed by atoms with Gasteiger partial charge in [0.05, 0.1) is 22.7 Å². The van der Waals surface area contributed by atoms with Crippen molar-refractivity contribution in [3.05, 3.63) is 53.2 Å². The molecule has 7 nitrogen and oxygen atoms in total. The van der Waals surface area contributed by atoms with Crippen molar-refractivity contribution >= 4 is 21.9 Å². The van der Waals surface area contributed by atoms with E-state index >= 15 is 0 Å². The van der Waals surface area contributed by atoms with Crippen molar-refractivity contribution in [2.75, 3.05) is 13.2 Å². The number of benzene rings is 1. The summed E-state index contributed by atoms with van der Waals surface area (Å²) in [7, 11) is 1.82. The summed E-state index contributed by atoms with van der Waals surface area (Å²) in [5.41, 5.74) is 4.43. The summed E-state index contributed by atoms with van der Waals surface area (Å²) < 4.78 is 15.2. The molecule has 0 unspecified atom stereocenters. The van der Waals surface area contributed by atoms with Crippen LogP contribution < -0.4 is 10.4 Å². The number of hydrogen-bond donors (Lipinski definition) is 0. The van der Waals surface area contributed by atoms with E-state index in [0.29, 0.717) is 19.1 Å². The Balaban J connectivity index is 1.62. The zero-order valence-corrected chi connectivity index (χ0v) is 19.7. The number of hydrogen-bond acceptors (Lipinski definition) is 5. The molecule has 33 heavy (non-hydrogen) atoms. The van der Waals surface area contributed by atoms with E-state index in [2.05, 4.69) is 42.9 Å². The fraction of sp³-hybridized carbons (Fsp3) is 0.423. The highest BCUT2D eigenvalue weighted by atomic mass is 16.5. The largest absolute Gasteiger partial charge is 0.472 e. The van der Waals surface area contributed by atoms with Crippen molar-refractivity contribution in [3.8, 4) is 17.0 Å². The van der Waals surface area contributed by atoms with E-state index in [1.165, 1.54) is 0 Å². The lowest BCUT2D eigenvalue weighted by molar-refractivity contribution is 0.0697. The highest BCUT2D eigenvalue weighted by molar-refractivity contribution is 6.04. The molecular weight excluding hydrogens is 416 g/mol. The minimum atomic E-state index is -0.254. The van der Waals surface area contributed by atoms with Crippen LogP contribution in [0.1, 0.15) is 46.1 Å². The number of fused-ring (bicyclic) bond motifs is 3. The van der Waals surface area contributed by atoms with Crippen LogP contribution in [0.3, 0.4) is 0 Å². The molecule has 0 atom stereocenters. The lowest BCUT2D eigenvalue weighted by Crippen LogP contribution is -2.29. The van der Waals surface area contributed by atoms with Gasteiger partial charge in [-0.2, -0.15) is 0 Å². The molecule has 0 aliphatic carbocycles. The summed E-state index contributed by atoms with van der Waals surface area (Å²) in [5, 5.41) is 0.974. The minimum absolute atomic E-state index is 0.00156. The number of rotatable bonds is 5. The number of aryl methyl sites for hydroxylation is 1. The monoisotopic (exact) mass is 446 g/mol. The Labute approximate surface area is 193 Å². The highest BCUT2D eigenvalue weighted by Gasteiger charge is 2.24. The van der Waals surface area contributed by atoms with Crippen LogP contribution in [-0.4, -0.2) is 37.9 Å². The van der Waals surface area contributed by atoms with Gasteiger partial charge in [-0.3, -0.25) is 14.1 Å². The molecule has 4 heterocycles. The van der Waals surface area contributed by atoms with Gasteiger partial charge in [0.1, 0.15) is 5.60 Å². The van der Waals surface area contributed by atoms with Gasteiger partial charge >= 0.3 is 5.69 Å². The molecule has 7 heteroatoms. The molecule has 0 bridgehead atoms. The van der Waals surface area contributed by atoms with Gasteiger partial charge in [0.2, 0.25) is 5.88 Å². The maximum Gasteiger partial charge on any atom is 0.329 e. The van der Waals surface area contributed by atoms with Crippen LogP contribution in [-0.2, 0) is 11.8 Å². The van der Waals surface area contributed by atoms with Gasteiger partial charge in [-0.25, -0.2) is 9.78 Å². The van der Waals surface area contributed by atoms with Gasteiger partial charge in [-0.15, -0.1) is 0 Å². The molecule has 1 fully saturated rings. The minimum Gasteiger partial charge on any atom is -0.472 e. The maximum absolute atomic E-state index is 13.2. The Morgan fingerprint density at radius 2 is 1.85 bits per heavy atom. The molecule has 1 aliphatic heterocycles. The highest BCUT2D eigenvalue weighted by Crippen LogP contribution is 2.32. The standard InChI is InChI=1S/C26H30N4O3/c1-5-26(2,3)33-23-9-7-18(15-28-23)17-6-8-21-20(14-17)24-22(16-27-21)29(4)25(31)30(24)19-10-12-32-13-11-19/h6-9,14-16,19H,5,10-13H2,1-4H3. The Hall–Kier alpha value is -3.19.